The van der Waals surface area contributed by atoms with Gasteiger partial charge in [0.15, 0.2) is 0 Å². The van der Waals surface area contributed by atoms with Crippen molar-refractivity contribution in [2.45, 2.75) is 105 Å². The number of carbonyl (C=O) groups is 2. The van der Waals surface area contributed by atoms with E-state index in [1.165, 1.54) is 0 Å². The number of hydrogen-bond donors (Lipinski definition) is 0. The summed E-state index contributed by atoms with van der Waals surface area (Å²) < 4.78 is 0. The zero-order valence-corrected chi connectivity index (χ0v) is 18.0. The fourth-order valence-corrected chi connectivity index (χ4v) is 2.74. The van der Waals surface area contributed by atoms with Gasteiger partial charge in [-0.1, -0.05) is 79.1 Å². The van der Waals surface area contributed by atoms with Gasteiger partial charge < -0.3 is 19.8 Å². The Morgan fingerprint density at radius 3 is 1.12 bits per heavy atom. The molecular weight excluding hydrogens is 356 g/mol. The van der Waals surface area contributed by atoms with E-state index in [9.17, 15) is 19.8 Å². The van der Waals surface area contributed by atoms with E-state index in [4.69, 9.17) is 0 Å². The summed E-state index contributed by atoms with van der Waals surface area (Å²) in [4.78, 5) is 21.1. The predicted octanol–water partition coefficient (Wildman–Crippen LogP) is 3.46. The zero-order valence-electron chi connectivity index (χ0n) is 16.7. The van der Waals surface area contributed by atoms with Crippen LogP contribution in [0.25, 0.3) is 0 Å². The van der Waals surface area contributed by atoms with E-state index in [2.05, 4.69) is 13.8 Å². The van der Waals surface area contributed by atoms with E-state index < -0.39 is 11.9 Å². The second-order valence-electron chi connectivity index (χ2n) is 6.60. The van der Waals surface area contributed by atoms with Crippen molar-refractivity contribution in [1.82, 2.24) is 0 Å². The number of carbonyl (C=O) groups excluding carboxylic acids is 2. The number of carboxylic acids is 2. The van der Waals surface area contributed by atoms with Crippen molar-refractivity contribution in [2.75, 3.05) is 0 Å². The number of aliphatic carboxylic acids is 2. The minimum atomic E-state index is -0.868. The second-order valence-corrected chi connectivity index (χ2v) is 6.60. The normalized spacial score (nSPS) is 12.3. The van der Waals surface area contributed by atoms with Gasteiger partial charge in [-0.2, -0.15) is 0 Å². The first-order valence-electron chi connectivity index (χ1n) is 9.86. The summed E-state index contributed by atoms with van der Waals surface area (Å²) >= 11 is 0. The third kappa shape index (κ3) is 19.6. The van der Waals surface area contributed by atoms with Gasteiger partial charge in [0.2, 0.25) is 0 Å². The van der Waals surface area contributed by atoms with Crippen LogP contribution in [0.5, 0.6) is 0 Å². The maximum atomic E-state index is 10.6. The van der Waals surface area contributed by atoms with Gasteiger partial charge in [0, 0.05) is 11.9 Å². The molecule has 0 saturated heterocycles. The monoisotopic (exact) mass is 394 g/mol. The fraction of sp³-hybridized carbons (Fsp3) is 0.900. The molecule has 0 N–H and O–H groups in total. The Hall–Kier alpha value is -0.528. The average molecular weight is 395 g/mol. The second kappa shape index (κ2) is 21.5. The van der Waals surface area contributed by atoms with Gasteiger partial charge in [0.25, 0.3) is 0 Å². The topological polar surface area (TPSA) is 80.3 Å². The first-order valence-corrected chi connectivity index (χ1v) is 9.86. The molecule has 5 heteroatoms. The summed E-state index contributed by atoms with van der Waals surface area (Å²) in [7, 11) is 0. The van der Waals surface area contributed by atoms with Crippen molar-refractivity contribution >= 4 is 11.9 Å². The molecule has 0 aliphatic rings. The summed E-state index contributed by atoms with van der Waals surface area (Å²) in [5, 5.41) is 21.1. The van der Waals surface area contributed by atoms with Gasteiger partial charge in [-0.15, -0.1) is 0 Å². The van der Waals surface area contributed by atoms with Gasteiger partial charge in [0.1, 0.15) is 0 Å². The molecule has 0 amide bonds. The van der Waals surface area contributed by atoms with Gasteiger partial charge in [-0.3, -0.25) is 0 Å². The van der Waals surface area contributed by atoms with Crippen LogP contribution in [0.4, 0.5) is 0 Å². The summed E-state index contributed by atoms with van der Waals surface area (Å²) in [6.45, 7) is 8.26. The molecule has 0 aliphatic carbocycles. The Morgan fingerprint density at radius 2 is 0.920 bits per heavy atom. The number of hydrogen-bond acceptors (Lipinski definition) is 4. The minimum absolute atomic E-state index is 0. The van der Waals surface area contributed by atoms with Crippen LogP contribution in [0, 0.1) is 11.8 Å². The van der Waals surface area contributed by atoms with Crippen molar-refractivity contribution in [2.24, 2.45) is 11.8 Å². The molecule has 0 rings (SSSR count). The van der Waals surface area contributed by atoms with Crippen LogP contribution < -0.4 is 10.2 Å². The van der Waals surface area contributed by atoms with Crippen molar-refractivity contribution < 1.29 is 37.2 Å². The van der Waals surface area contributed by atoms with Crippen LogP contribution in [0.15, 0.2) is 0 Å². The summed E-state index contributed by atoms with van der Waals surface area (Å²) in [6, 6.07) is 0. The molecule has 0 aromatic carbocycles. The molecule has 0 bridgehead atoms. The number of rotatable bonds is 14. The molecule has 4 nitrogen and oxygen atoms in total. The smallest absolute Gasteiger partial charge is 0.550 e. The van der Waals surface area contributed by atoms with E-state index in [1.54, 1.807) is 0 Å². The standard InChI is InChI=1S/2C10H20O2.Cr/c2*1-3-5-6-8-9(7-4-2)10(11)12;/h2*9H,3-8H2,1-2H3,(H,11,12);/q;;+2/p-2. The van der Waals surface area contributed by atoms with Crippen molar-refractivity contribution in [3.63, 3.8) is 0 Å². The Labute approximate surface area is 165 Å². The van der Waals surface area contributed by atoms with Crippen LogP contribution in [0.2, 0.25) is 0 Å². The van der Waals surface area contributed by atoms with E-state index in [0.717, 1.165) is 77.0 Å². The molecular formula is C20H38CrO4. The largest absolute Gasteiger partial charge is 2.00 e. The Balaban J connectivity index is -0.000000372. The molecule has 0 aromatic heterocycles. The molecule has 2 atom stereocenters. The van der Waals surface area contributed by atoms with Crippen LogP contribution in [0.3, 0.4) is 0 Å². The average Bonchev–Trinajstić information content (AvgIpc) is 2.54. The maximum absolute atomic E-state index is 10.6. The number of unbranched alkanes of at least 4 members (excludes halogenated alkanes) is 4. The van der Waals surface area contributed by atoms with E-state index in [1.807, 2.05) is 13.8 Å². The molecule has 0 aromatic rings. The minimum Gasteiger partial charge on any atom is -0.550 e. The summed E-state index contributed by atoms with van der Waals surface area (Å²) in [5.41, 5.74) is 0. The van der Waals surface area contributed by atoms with E-state index in [0.29, 0.717) is 0 Å². The molecule has 25 heavy (non-hydrogen) atoms. The number of carboxylic acid groups (broad SMARTS) is 2. The molecule has 0 spiro atoms. The SMILES string of the molecule is CCCCCC(CCC)C(=O)[O-].CCCCCC(CCC)C(=O)[O-].[Cr+2]. The molecule has 2 unspecified atom stereocenters. The van der Waals surface area contributed by atoms with Crippen molar-refractivity contribution in [3.8, 4) is 0 Å². The molecule has 0 fully saturated rings. The first-order chi connectivity index (χ1) is 11.4. The summed E-state index contributed by atoms with van der Waals surface area (Å²) in [5.74, 6) is -2.15. The van der Waals surface area contributed by atoms with Crippen LogP contribution >= 0.6 is 0 Å². The van der Waals surface area contributed by atoms with Gasteiger partial charge >= 0.3 is 17.4 Å². The Kier molecular flexibility index (Phi) is 25.2. The molecule has 0 aliphatic heterocycles. The van der Waals surface area contributed by atoms with Crippen LogP contribution in [-0.4, -0.2) is 11.9 Å². The molecule has 148 valence electrons. The molecule has 0 radical (unpaired) electrons. The Bertz CT molecular complexity index is 278. The first kappa shape index (κ1) is 29.2. The van der Waals surface area contributed by atoms with Crippen LogP contribution in [-0.2, 0) is 27.0 Å². The molecule has 0 heterocycles. The maximum Gasteiger partial charge on any atom is 2.00 e. The van der Waals surface area contributed by atoms with Gasteiger partial charge in [-0.05, 0) is 37.5 Å². The van der Waals surface area contributed by atoms with Gasteiger partial charge in [0.05, 0.1) is 0 Å². The molecule has 0 saturated carbocycles. The summed E-state index contributed by atoms with van der Waals surface area (Å²) in [6.07, 6.45) is 11.6. The van der Waals surface area contributed by atoms with Crippen molar-refractivity contribution in [1.29, 1.82) is 0 Å². The van der Waals surface area contributed by atoms with E-state index >= 15 is 0 Å². The predicted molar refractivity (Wildman–Crippen MR) is 95.1 cm³/mol. The van der Waals surface area contributed by atoms with Gasteiger partial charge in [-0.25, -0.2) is 0 Å². The Morgan fingerprint density at radius 1 is 0.600 bits per heavy atom. The third-order valence-corrected chi connectivity index (χ3v) is 4.25. The zero-order chi connectivity index (χ0) is 18.8. The van der Waals surface area contributed by atoms with Crippen molar-refractivity contribution in [3.05, 3.63) is 0 Å². The quantitative estimate of drug-likeness (QED) is 0.423. The van der Waals surface area contributed by atoms with Crippen LogP contribution in [0.1, 0.15) is 105 Å². The third-order valence-electron chi connectivity index (χ3n) is 4.25. The van der Waals surface area contributed by atoms with E-state index in [-0.39, 0.29) is 29.2 Å². The fourth-order valence-electron chi connectivity index (χ4n) is 2.74.